The number of Topliss-reactive ketones (excluding diaryl/α,β-unsaturated/α-hetero) is 1. The normalized spacial score (nSPS) is 27.6. The van der Waals surface area contributed by atoms with Gasteiger partial charge < -0.3 is 4.90 Å². The minimum absolute atomic E-state index is 0.111. The third-order valence-electron chi connectivity index (χ3n) is 5.96. The number of anilines is 1. The lowest BCUT2D eigenvalue weighted by atomic mass is 9.84. The van der Waals surface area contributed by atoms with Crippen molar-refractivity contribution < 1.29 is 14.4 Å². The Morgan fingerprint density at radius 3 is 2.36 bits per heavy atom. The molecule has 28 heavy (non-hydrogen) atoms. The van der Waals surface area contributed by atoms with Gasteiger partial charge in [-0.05, 0) is 48.4 Å². The van der Waals surface area contributed by atoms with Crippen LogP contribution in [0.1, 0.15) is 24.1 Å². The molecule has 5 nitrogen and oxygen atoms in total. The van der Waals surface area contributed by atoms with Crippen molar-refractivity contribution in [1.82, 2.24) is 4.90 Å². The number of carbonyl (C=O) groups excluding carboxylic acids is 3. The molecule has 140 valence electrons. The van der Waals surface area contributed by atoms with Gasteiger partial charge in [-0.15, -0.1) is 0 Å². The van der Waals surface area contributed by atoms with Crippen molar-refractivity contribution in [2.45, 2.75) is 19.0 Å². The lowest BCUT2D eigenvalue weighted by Gasteiger charge is -2.34. The molecule has 2 fully saturated rings. The van der Waals surface area contributed by atoms with Crippen LogP contribution in [0, 0.1) is 11.8 Å². The first-order chi connectivity index (χ1) is 13.5. The Morgan fingerprint density at radius 2 is 1.64 bits per heavy atom. The van der Waals surface area contributed by atoms with E-state index in [1.807, 2.05) is 41.4 Å². The molecule has 6 heteroatoms. The Morgan fingerprint density at radius 1 is 0.964 bits per heavy atom. The number of nitrogens with zero attached hydrogens (tertiary/aromatic N) is 2. The molecular weight excluding hydrogens is 376 g/mol. The number of halogens is 1. The third-order valence-corrected chi connectivity index (χ3v) is 6.21. The van der Waals surface area contributed by atoms with E-state index in [9.17, 15) is 14.4 Å². The van der Waals surface area contributed by atoms with Gasteiger partial charge in [0.2, 0.25) is 11.8 Å². The highest BCUT2D eigenvalue weighted by molar-refractivity contribution is 6.31. The summed E-state index contributed by atoms with van der Waals surface area (Å²) in [6.07, 6.45) is 3.79. The molecule has 3 aliphatic heterocycles. The average Bonchev–Trinajstić information content (AvgIpc) is 3.16. The van der Waals surface area contributed by atoms with Crippen molar-refractivity contribution in [3.63, 3.8) is 0 Å². The molecule has 0 radical (unpaired) electrons. The predicted molar refractivity (Wildman–Crippen MR) is 105 cm³/mol. The zero-order chi connectivity index (χ0) is 19.6. The molecule has 0 N–H and O–H groups in total. The van der Waals surface area contributed by atoms with Gasteiger partial charge >= 0.3 is 0 Å². The van der Waals surface area contributed by atoms with Crippen LogP contribution < -0.4 is 4.90 Å². The number of amides is 2. The maximum Gasteiger partial charge on any atom is 0.240 e. The predicted octanol–water partition coefficient (Wildman–Crippen LogP) is 3.44. The molecule has 3 heterocycles. The van der Waals surface area contributed by atoms with Gasteiger partial charge in [-0.3, -0.25) is 14.4 Å². The summed E-state index contributed by atoms with van der Waals surface area (Å²) in [7, 11) is 0. The summed E-state index contributed by atoms with van der Waals surface area (Å²) in [4.78, 5) is 42.4. The quantitative estimate of drug-likeness (QED) is 0.734. The van der Waals surface area contributed by atoms with Crippen LogP contribution in [0.5, 0.6) is 0 Å². The number of rotatable bonds is 2. The number of hydrogen-bond acceptors (Lipinski definition) is 4. The van der Waals surface area contributed by atoms with Crippen molar-refractivity contribution in [2.24, 2.45) is 11.8 Å². The van der Waals surface area contributed by atoms with Crippen LogP contribution in [-0.4, -0.2) is 28.5 Å². The minimum atomic E-state index is -0.693. The molecule has 0 aromatic heterocycles. The molecule has 4 atom stereocenters. The molecule has 0 bridgehead atoms. The average molecular weight is 393 g/mol. The monoisotopic (exact) mass is 392 g/mol. The fraction of sp³-hybridized carbons (Fsp3) is 0.227. The molecule has 2 amide bonds. The number of hydrogen-bond donors (Lipinski definition) is 0. The van der Waals surface area contributed by atoms with E-state index in [0.29, 0.717) is 10.7 Å². The van der Waals surface area contributed by atoms with Crippen LogP contribution in [0.4, 0.5) is 5.69 Å². The summed E-state index contributed by atoms with van der Waals surface area (Å²) in [5.41, 5.74) is 2.47. The van der Waals surface area contributed by atoms with Crippen molar-refractivity contribution in [3.8, 4) is 0 Å². The summed E-state index contributed by atoms with van der Waals surface area (Å²) >= 11 is 5.95. The van der Waals surface area contributed by atoms with E-state index < -0.39 is 17.9 Å². The van der Waals surface area contributed by atoms with Gasteiger partial charge in [-0.25, -0.2) is 4.90 Å². The summed E-state index contributed by atoms with van der Waals surface area (Å²) < 4.78 is 0. The van der Waals surface area contributed by atoms with E-state index in [1.54, 1.807) is 24.3 Å². The zero-order valence-electron chi connectivity index (χ0n) is 15.1. The second kappa shape index (κ2) is 6.04. The highest BCUT2D eigenvalue weighted by Crippen LogP contribution is 2.53. The largest absolute Gasteiger partial charge is 0.359 e. The highest BCUT2D eigenvalue weighted by Gasteiger charge is 2.63. The van der Waals surface area contributed by atoms with E-state index in [4.69, 9.17) is 11.6 Å². The Bertz CT molecular complexity index is 1050. The lowest BCUT2D eigenvalue weighted by molar-refractivity contribution is -0.129. The molecule has 2 aromatic rings. The van der Waals surface area contributed by atoms with E-state index in [2.05, 4.69) is 0 Å². The molecule has 5 rings (SSSR count). The van der Waals surface area contributed by atoms with Gasteiger partial charge in [-0.1, -0.05) is 35.9 Å². The van der Waals surface area contributed by atoms with Gasteiger partial charge in [0.15, 0.2) is 5.78 Å². The van der Waals surface area contributed by atoms with Crippen LogP contribution in [0.3, 0.4) is 0 Å². The second-order valence-corrected chi connectivity index (χ2v) is 7.87. The second-order valence-electron chi connectivity index (χ2n) is 7.43. The first kappa shape index (κ1) is 17.2. The van der Waals surface area contributed by atoms with E-state index in [0.717, 1.165) is 11.1 Å². The highest BCUT2D eigenvalue weighted by atomic mass is 35.5. The van der Waals surface area contributed by atoms with Crippen LogP contribution >= 0.6 is 11.6 Å². The Balaban J connectivity index is 1.65. The molecule has 0 spiro atoms. The van der Waals surface area contributed by atoms with E-state index in [1.165, 1.54) is 11.8 Å². The Hall–Kier alpha value is -2.92. The Kier molecular flexibility index (Phi) is 3.71. The van der Waals surface area contributed by atoms with Crippen molar-refractivity contribution in [3.05, 3.63) is 70.9 Å². The molecule has 0 aliphatic carbocycles. The number of ketones is 1. The molecule has 0 saturated carbocycles. The fourth-order valence-corrected chi connectivity index (χ4v) is 4.99. The number of carbonyl (C=O) groups is 3. The van der Waals surface area contributed by atoms with Crippen LogP contribution in [0.15, 0.2) is 54.7 Å². The maximum atomic E-state index is 13.4. The number of benzene rings is 2. The summed E-state index contributed by atoms with van der Waals surface area (Å²) in [6, 6.07) is 13.5. The molecular formula is C22H17ClN2O3. The minimum Gasteiger partial charge on any atom is -0.359 e. The lowest BCUT2D eigenvalue weighted by Crippen LogP contribution is -2.43. The first-order valence-corrected chi connectivity index (χ1v) is 9.55. The summed E-state index contributed by atoms with van der Waals surface area (Å²) in [6.45, 7) is 1.49. The molecule has 2 saturated heterocycles. The van der Waals surface area contributed by atoms with Crippen molar-refractivity contribution in [1.29, 1.82) is 0 Å². The summed E-state index contributed by atoms with van der Waals surface area (Å²) in [5, 5.41) is 0.530. The summed E-state index contributed by atoms with van der Waals surface area (Å²) in [5.74, 6) is -1.98. The topological polar surface area (TPSA) is 57.7 Å². The van der Waals surface area contributed by atoms with Crippen molar-refractivity contribution in [2.75, 3.05) is 4.90 Å². The van der Waals surface area contributed by atoms with Gasteiger partial charge in [0.25, 0.3) is 0 Å². The number of fused-ring (bicyclic) bond motifs is 5. The number of imide groups is 1. The molecule has 3 aliphatic rings. The van der Waals surface area contributed by atoms with E-state index >= 15 is 0 Å². The van der Waals surface area contributed by atoms with Crippen molar-refractivity contribution >= 4 is 41.0 Å². The van der Waals surface area contributed by atoms with Gasteiger partial charge in [0.1, 0.15) is 0 Å². The zero-order valence-corrected chi connectivity index (χ0v) is 15.8. The van der Waals surface area contributed by atoms with Crippen LogP contribution in [0.25, 0.3) is 6.08 Å². The van der Waals surface area contributed by atoms with E-state index in [-0.39, 0.29) is 23.6 Å². The fourth-order valence-electron chi connectivity index (χ4n) is 4.87. The van der Waals surface area contributed by atoms with Crippen LogP contribution in [0.2, 0.25) is 5.02 Å². The molecule has 2 aromatic carbocycles. The smallest absolute Gasteiger partial charge is 0.240 e. The first-order valence-electron chi connectivity index (χ1n) is 9.17. The third kappa shape index (κ3) is 2.23. The maximum absolute atomic E-state index is 13.4. The van der Waals surface area contributed by atoms with Crippen LogP contribution in [-0.2, 0) is 14.4 Å². The van der Waals surface area contributed by atoms with Gasteiger partial charge in [0.05, 0.1) is 29.6 Å². The molecule has 1 unspecified atom stereocenters. The SMILES string of the molecule is CC(=O)[C@@H]1[C@@H]2C(=O)N(c3ccc(Cl)cc3)C(=O)[C@@H]2C2c3ccccc3C=CN21. The van der Waals surface area contributed by atoms with Gasteiger partial charge in [-0.2, -0.15) is 0 Å². The Labute approximate surface area is 167 Å². The van der Waals surface area contributed by atoms with Gasteiger partial charge in [0, 0.05) is 11.2 Å². The standard InChI is InChI=1S/C22H17ClN2O3/c1-12(26)19-17-18(20-16-5-3-2-4-13(16)10-11-24(19)20)22(28)25(21(17)27)15-8-6-14(23)7-9-15/h2-11,17-20H,1H3/t17-,18+,19-,20?/m1/s1.